The minimum Gasteiger partial charge on any atom is -0.456 e. The molecule has 4 heteroatoms. The normalized spacial score (nSPS) is 13.6. The first-order chi connectivity index (χ1) is 31.7. The predicted octanol–water partition coefficient (Wildman–Crippen LogP) is 17.1. The van der Waals surface area contributed by atoms with Gasteiger partial charge in [-0.1, -0.05) is 147 Å². The molecule has 306 valence electrons. The monoisotopic (exact) mass is 823 g/mol. The van der Waals surface area contributed by atoms with Crippen molar-refractivity contribution in [3.63, 3.8) is 0 Å². The minimum absolute atomic E-state index is 0.496. The number of hydrogen-bond acceptors (Lipinski definition) is 2. The van der Waals surface area contributed by atoms with Crippen LogP contribution in [0.2, 0.25) is 0 Å². The van der Waals surface area contributed by atoms with Crippen molar-refractivity contribution in [2.24, 2.45) is 0 Å². The van der Waals surface area contributed by atoms with Crippen LogP contribution < -0.4 is 4.90 Å². The Morgan fingerprint density at radius 3 is 1.81 bits per heavy atom. The predicted molar refractivity (Wildman–Crippen MR) is 269 cm³/mol. The first-order valence-electron chi connectivity index (χ1n) is 22.8. The van der Waals surface area contributed by atoms with Gasteiger partial charge >= 0.3 is 0 Å². The molecule has 64 heavy (non-hydrogen) atoms. The van der Waals surface area contributed by atoms with E-state index in [-0.39, 0.29) is 0 Å². The molecule has 0 amide bonds. The summed E-state index contributed by atoms with van der Waals surface area (Å²) in [4.78, 5) is 2.44. The molecule has 3 aromatic heterocycles. The van der Waals surface area contributed by atoms with Gasteiger partial charge in [0.2, 0.25) is 0 Å². The summed E-state index contributed by atoms with van der Waals surface area (Å²) in [7, 11) is 0. The van der Waals surface area contributed by atoms with Crippen LogP contribution in [-0.4, -0.2) is 9.13 Å². The Hall–Kier alpha value is -7.82. The van der Waals surface area contributed by atoms with Crippen molar-refractivity contribution in [2.45, 2.75) is 38.1 Å². The summed E-state index contributed by atoms with van der Waals surface area (Å²) >= 11 is 0. The summed E-state index contributed by atoms with van der Waals surface area (Å²) in [6.45, 7) is 0. The van der Waals surface area contributed by atoms with Gasteiger partial charge in [0.05, 0.1) is 22.2 Å². The van der Waals surface area contributed by atoms with E-state index in [4.69, 9.17) is 4.42 Å². The van der Waals surface area contributed by atoms with Crippen LogP contribution in [0.4, 0.5) is 17.1 Å². The van der Waals surface area contributed by atoms with Gasteiger partial charge in [0, 0.05) is 67.0 Å². The van der Waals surface area contributed by atoms with Gasteiger partial charge in [-0.15, -0.1) is 0 Å². The van der Waals surface area contributed by atoms with Crippen molar-refractivity contribution >= 4 is 82.6 Å². The molecule has 4 nitrogen and oxygen atoms in total. The Kier molecular flexibility index (Phi) is 8.58. The summed E-state index contributed by atoms with van der Waals surface area (Å²) in [5.41, 5.74) is 16.0. The van der Waals surface area contributed by atoms with Crippen molar-refractivity contribution in [1.82, 2.24) is 9.13 Å². The fourth-order valence-electron chi connectivity index (χ4n) is 10.9. The highest BCUT2D eigenvalue weighted by Gasteiger charge is 2.25. The fourth-order valence-corrected chi connectivity index (χ4v) is 10.9. The Morgan fingerprint density at radius 1 is 0.391 bits per heavy atom. The Labute approximate surface area is 371 Å². The molecule has 1 aliphatic rings. The van der Waals surface area contributed by atoms with Crippen molar-refractivity contribution in [2.75, 3.05) is 4.90 Å². The lowest BCUT2D eigenvalue weighted by atomic mass is 9.95. The molecule has 1 fully saturated rings. The number of hydrogen-bond donors (Lipinski definition) is 0. The number of furan rings is 1. The van der Waals surface area contributed by atoms with Crippen LogP contribution in [0.5, 0.6) is 0 Å². The topological polar surface area (TPSA) is 26.2 Å². The average Bonchev–Trinajstić information content (AvgIpc) is 4.02. The second kappa shape index (κ2) is 14.9. The first-order valence-corrected chi connectivity index (χ1v) is 22.8. The zero-order valence-electron chi connectivity index (χ0n) is 35.5. The number of para-hydroxylation sites is 3. The number of nitrogens with zero attached hydrogens (tertiary/aromatic N) is 3. The summed E-state index contributed by atoms with van der Waals surface area (Å²) in [5, 5.41) is 7.34. The highest BCUT2D eigenvalue weighted by Crippen LogP contribution is 2.47. The molecule has 0 unspecified atom stereocenters. The van der Waals surface area contributed by atoms with Gasteiger partial charge < -0.3 is 18.5 Å². The number of rotatable bonds is 7. The zero-order valence-corrected chi connectivity index (χ0v) is 35.5. The molecule has 12 aromatic rings. The van der Waals surface area contributed by atoms with Crippen molar-refractivity contribution in [3.8, 4) is 27.9 Å². The lowest BCUT2D eigenvalue weighted by Crippen LogP contribution is -2.13. The molecular weight excluding hydrogens is 779 g/mol. The molecule has 9 aromatic carbocycles. The molecule has 0 aliphatic heterocycles. The smallest absolute Gasteiger partial charge is 0.137 e. The van der Waals surface area contributed by atoms with E-state index >= 15 is 0 Å². The molecule has 3 heterocycles. The second-order valence-corrected chi connectivity index (χ2v) is 17.5. The minimum atomic E-state index is 0.496. The van der Waals surface area contributed by atoms with Crippen LogP contribution in [0.25, 0.3) is 93.5 Å². The van der Waals surface area contributed by atoms with Gasteiger partial charge in [-0.2, -0.15) is 0 Å². The van der Waals surface area contributed by atoms with E-state index in [1.165, 1.54) is 98.0 Å². The Morgan fingerprint density at radius 2 is 0.984 bits per heavy atom. The van der Waals surface area contributed by atoms with E-state index in [1.54, 1.807) is 0 Å². The maximum absolute atomic E-state index is 6.52. The molecule has 0 N–H and O–H groups in total. The maximum Gasteiger partial charge on any atom is 0.137 e. The standard InChI is InChI=1S/C60H45N3O/c1-3-14-40(15-4-1)41-26-33-46(34-27-41)63-53-21-10-7-18-48(53)49-36-30-43(38-57(49)63)42-28-31-45(32-29-42)61(47-35-37-51-50-19-9-12-25-58(50)64-59(51)39-47)55-23-13-24-56-60(55)52-20-8-11-22-54(52)62(56)44-16-5-2-6-17-44/h1,3-4,7-15,18-39,44H,2,5-6,16-17H2. The lowest BCUT2D eigenvalue weighted by molar-refractivity contribution is 0.367. The van der Waals surface area contributed by atoms with E-state index in [1.807, 2.05) is 6.07 Å². The molecule has 13 rings (SSSR count). The second-order valence-electron chi connectivity index (χ2n) is 17.5. The van der Waals surface area contributed by atoms with Gasteiger partial charge in [0.1, 0.15) is 11.2 Å². The van der Waals surface area contributed by atoms with E-state index in [0.29, 0.717) is 6.04 Å². The van der Waals surface area contributed by atoms with Crippen molar-refractivity contribution in [3.05, 3.63) is 206 Å². The van der Waals surface area contributed by atoms with E-state index in [9.17, 15) is 0 Å². The third kappa shape index (κ3) is 5.90. The fraction of sp³-hybridized carbons (Fsp3) is 0.100. The van der Waals surface area contributed by atoms with Crippen molar-refractivity contribution < 1.29 is 4.42 Å². The molecule has 0 atom stereocenters. The maximum atomic E-state index is 6.52. The highest BCUT2D eigenvalue weighted by atomic mass is 16.3. The molecule has 1 saturated carbocycles. The van der Waals surface area contributed by atoms with E-state index in [0.717, 1.165) is 44.7 Å². The Balaban J connectivity index is 0.958. The number of aromatic nitrogens is 2. The number of fused-ring (bicyclic) bond motifs is 9. The quantitative estimate of drug-likeness (QED) is 0.160. The molecular formula is C60H45N3O. The molecule has 1 aliphatic carbocycles. The number of benzene rings is 9. The Bertz CT molecular complexity index is 3700. The van der Waals surface area contributed by atoms with Crippen LogP contribution in [-0.2, 0) is 0 Å². The average molecular weight is 824 g/mol. The van der Waals surface area contributed by atoms with E-state index in [2.05, 4.69) is 214 Å². The largest absolute Gasteiger partial charge is 0.456 e. The summed E-state index contributed by atoms with van der Waals surface area (Å²) in [6.07, 6.45) is 6.34. The molecule has 0 bridgehead atoms. The summed E-state index contributed by atoms with van der Waals surface area (Å²) in [5.74, 6) is 0. The summed E-state index contributed by atoms with van der Waals surface area (Å²) < 4.78 is 11.6. The highest BCUT2D eigenvalue weighted by molar-refractivity contribution is 6.16. The van der Waals surface area contributed by atoms with Gasteiger partial charge in [0.15, 0.2) is 0 Å². The van der Waals surface area contributed by atoms with Gasteiger partial charge in [-0.3, -0.25) is 0 Å². The third-order valence-corrected chi connectivity index (χ3v) is 13.9. The van der Waals surface area contributed by atoms with Crippen LogP contribution >= 0.6 is 0 Å². The van der Waals surface area contributed by atoms with Crippen LogP contribution in [0.3, 0.4) is 0 Å². The lowest BCUT2D eigenvalue weighted by Gasteiger charge is -2.27. The van der Waals surface area contributed by atoms with E-state index < -0.39 is 0 Å². The zero-order chi connectivity index (χ0) is 42.1. The SMILES string of the molecule is c1ccc(-c2ccc(-n3c4ccccc4c4ccc(-c5ccc(N(c6ccc7c(c6)oc6ccccc67)c6cccc7c6c6ccccc6n7C6CCCCC6)cc5)cc43)cc2)cc1. The van der Waals surface area contributed by atoms with Crippen LogP contribution in [0.1, 0.15) is 38.1 Å². The van der Waals surface area contributed by atoms with Gasteiger partial charge in [-0.05, 0) is 108 Å². The molecule has 0 saturated heterocycles. The van der Waals surface area contributed by atoms with Crippen molar-refractivity contribution in [1.29, 1.82) is 0 Å². The third-order valence-electron chi connectivity index (χ3n) is 13.9. The molecule has 0 radical (unpaired) electrons. The first kappa shape index (κ1) is 36.8. The number of anilines is 3. The van der Waals surface area contributed by atoms with Crippen LogP contribution in [0, 0.1) is 0 Å². The van der Waals surface area contributed by atoms with Gasteiger partial charge in [-0.25, -0.2) is 0 Å². The summed E-state index contributed by atoms with van der Waals surface area (Å²) in [6, 6.07) is 75.9. The van der Waals surface area contributed by atoms with Crippen LogP contribution in [0.15, 0.2) is 211 Å². The molecule has 0 spiro atoms. The van der Waals surface area contributed by atoms with Gasteiger partial charge in [0.25, 0.3) is 0 Å².